The molecule has 0 atom stereocenters. The molecular formula is C11H13BrO3S. The Labute approximate surface area is 107 Å². The lowest BCUT2D eigenvalue weighted by Gasteiger charge is -2.06. The maximum Gasteiger partial charge on any atom is 0.336 e. The van der Waals surface area contributed by atoms with E-state index in [2.05, 4.69) is 15.9 Å². The Bertz CT molecular complexity index is 368. The average molecular weight is 305 g/mol. The van der Waals surface area contributed by atoms with Gasteiger partial charge in [-0.05, 0) is 24.6 Å². The molecule has 1 aromatic rings. The van der Waals surface area contributed by atoms with Crippen LogP contribution >= 0.6 is 27.7 Å². The summed E-state index contributed by atoms with van der Waals surface area (Å²) in [6.45, 7) is 0.698. The van der Waals surface area contributed by atoms with E-state index in [-0.39, 0.29) is 0 Å². The molecule has 0 aliphatic rings. The molecule has 3 nitrogen and oxygen atoms in total. The topological polar surface area (TPSA) is 46.5 Å². The number of carboxylic acids is 1. The number of hydrogen-bond acceptors (Lipinski definition) is 3. The van der Waals surface area contributed by atoms with Crippen molar-refractivity contribution in [3.63, 3.8) is 0 Å². The van der Waals surface area contributed by atoms with Crippen LogP contribution in [0, 0.1) is 0 Å². The van der Waals surface area contributed by atoms with Crippen molar-refractivity contribution in [1.29, 1.82) is 0 Å². The molecule has 0 aliphatic carbocycles. The third kappa shape index (κ3) is 4.15. The van der Waals surface area contributed by atoms with E-state index < -0.39 is 5.97 Å². The van der Waals surface area contributed by atoms with Gasteiger partial charge in [0.15, 0.2) is 0 Å². The number of ether oxygens (including phenoxy) is 1. The Kier molecular flexibility index (Phi) is 5.87. The molecule has 0 aromatic heterocycles. The van der Waals surface area contributed by atoms with Gasteiger partial charge in [-0.25, -0.2) is 4.79 Å². The third-order valence-corrected chi connectivity index (χ3v) is 3.56. The number of halogens is 1. The minimum absolute atomic E-state index is 0.352. The van der Waals surface area contributed by atoms with Crippen LogP contribution in [-0.4, -0.2) is 30.5 Å². The van der Waals surface area contributed by atoms with Gasteiger partial charge in [-0.1, -0.05) is 15.9 Å². The SMILES string of the molecule is COCCCSc1cc(Br)ccc1C(=O)O. The summed E-state index contributed by atoms with van der Waals surface area (Å²) < 4.78 is 5.84. The maximum absolute atomic E-state index is 11.0. The molecule has 0 bridgehead atoms. The summed E-state index contributed by atoms with van der Waals surface area (Å²) in [4.78, 5) is 11.8. The molecule has 0 saturated carbocycles. The van der Waals surface area contributed by atoms with Gasteiger partial charge in [0.2, 0.25) is 0 Å². The van der Waals surface area contributed by atoms with Crippen molar-refractivity contribution in [2.24, 2.45) is 0 Å². The highest BCUT2D eigenvalue weighted by Crippen LogP contribution is 2.27. The summed E-state index contributed by atoms with van der Waals surface area (Å²) >= 11 is 4.88. The number of thioether (sulfide) groups is 1. The number of benzene rings is 1. The van der Waals surface area contributed by atoms with Gasteiger partial charge in [0.05, 0.1) is 5.56 Å². The highest BCUT2D eigenvalue weighted by atomic mass is 79.9. The molecule has 1 N–H and O–H groups in total. The van der Waals surface area contributed by atoms with Crippen LogP contribution in [0.15, 0.2) is 27.6 Å². The maximum atomic E-state index is 11.0. The lowest BCUT2D eigenvalue weighted by molar-refractivity contribution is 0.0693. The fraction of sp³-hybridized carbons (Fsp3) is 0.364. The Hall–Kier alpha value is -0.520. The second-order valence-corrected chi connectivity index (χ2v) is 5.19. The normalized spacial score (nSPS) is 10.4. The second-order valence-electron chi connectivity index (χ2n) is 3.14. The summed E-state index contributed by atoms with van der Waals surface area (Å²) in [5.41, 5.74) is 0.352. The van der Waals surface area contributed by atoms with Crippen LogP contribution in [0.4, 0.5) is 0 Å². The zero-order chi connectivity index (χ0) is 12.0. The van der Waals surface area contributed by atoms with Crippen molar-refractivity contribution in [1.82, 2.24) is 0 Å². The molecule has 0 unspecified atom stereocenters. The summed E-state index contributed by atoms with van der Waals surface area (Å²) in [6, 6.07) is 5.19. The molecule has 16 heavy (non-hydrogen) atoms. The molecule has 0 amide bonds. The smallest absolute Gasteiger partial charge is 0.336 e. The Balaban J connectivity index is 2.68. The Morgan fingerprint density at radius 2 is 2.31 bits per heavy atom. The van der Waals surface area contributed by atoms with Crippen molar-refractivity contribution in [2.45, 2.75) is 11.3 Å². The van der Waals surface area contributed by atoms with Crippen molar-refractivity contribution < 1.29 is 14.6 Å². The van der Waals surface area contributed by atoms with Crippen LogP contribution in [0.1, 0.15) is 16.8 Å². The lowest BCUT2D eigenvalue weighted by atomic mass is 10.2. The van der Waals surface area contributed by atoms with Gasteiger partial charge in [0, 0.05) is 28.8 Å². The van der Waals surface area contributed by atoms with Gasteiger partial charge in [-0.2, -0.15) is 0 Å². The average Bonchev–Trinajstić information content (AvgIpc) is 2.24. The molecule has 0 fully saturated rings. The van der Waals surface area contributed by atoms with E-state index in [4.69, 9.17) is 9.84 Å². The van der Waals surface area contributed by atoms with Gasteiger partial charge in [-0.15, -0.1) is 11.8 Å². The van der Waals surface area contributed by atoms with Gasteiger partial charge in [0.1, 0.15) is 0 Å². The monoisotopic (exact) mass is 304 g/mol. The molecule has 1 rings (SSSR count). The summed E-state index contributed by atoms with van der Waals surface area (Å²) in [5, 5.41) is 9.01. The fourth-order valence-electron chi connectivity index (χ4n) is 1.18. The number of hydrogen-bond donors (Lipinski definition) is 1. The van der Waals surface area contributed by atoms with E-state index in [0.29, 0.717) is 12.2 Å². The number of carbonyl (C=O) groups is 1. The fourth-order valence-corrected chi connectivity index (χ4v) is 2.69. The first-order chi connectivity index (χ1) is 7.65. The van der Waals surface area contributed by atoms with Gasteiger partial charge in [-0.3, -0.25) is 0 Å². The first-order valence-corrected chi connectivity index (χ1v) is 6.57. The van der Waals surface area contributed by atoms with Crippen molar-refractivity contribution in [3.8, 4) is 0 Å². The number of rotatable bonds is 6. The van der Waals surface area contributed by atoms with Crippen LogP contribution in [-0.2, 0) is 4.74 Å². The van der Waals surface area contributed by atoms with Crippen LogP contribution in [0.5, 0.6) is 0 Å². The standard InChI is InChI=1S/C11H13BrO3S/c1-15-5-2-6-16-10-7-8(12)3-4-9(10)11(13)14/h3-4,7H,2,5-6H2,1H3,(H,13,14). The summed E-state index contributed by atoms with van der Waals surface area (Å²) in [5.74, 6) is -0.0355. The van der Waals surface area contributed by atoms with E-state index in [1.54, 1.807) is 19.2 Å². The first-order valence-electron chi connectivity index (χ1n) is 4.79. The van der Waals surface area contributed by atoms with E-state index in [1.165, 1.54) is 11.8 Å². The second kappa shape index (κ2) is 6.93. The summed E-state index contributed by atoms with van der Waals surface area (Å²) in [7, 11) is 1.66. The molecule has 5 heteroatoms. The predicted octanol–water partition coefficient (Wildman–Crippen LogP) is 3.28. The van der Waals surface area contributed by atoms with E-state index in [0.717, 1.165) is 21.5 Å². The molecule has 0 aliphatic heterocycles. The molecule has 88 valence electrons. The zero-order valence-corrected chi connectivity index (χ0v) is 11.3. The lowest BCUT2D eigenvalue weighted by Crippen LogP contribution is -1.99. The molecule has 0 heterocycles. The minimum Gasteiger partial charge on any atom is -0.478 e. The summed E-state index contributed by atoms with van der Waals surface area (Å²) in [6.07, 6.45) is 0.909. The minimum atomic E-state index is -0.887. The van der Waals surface area contributed by atoms with Gasteiger partial charge >= 0.3 is 5.97 Å². The molecule has 0 spiro atoms. The number of methoxy groups -OCH3 is 1. The quantitative estimate of drug-likeness (QED) is 0.647. The van der Waals surface area contributed by atoms with Crippen LogP contribution in [0.25, 0.3) is 0 Å². The number of carboxylic acid groups (broad SMARTS) is 1. The van der Waals surface area contributed by atoms with Gasteiger partial charge in [0.25, 0.3) is 0 Å². The van der Waals surface area contributed by atoms with E-state index in [9.17, 15) is 4.79 Å². The Morgan fingerprint density at radius 1 is 1.56 bits per heavy atom. The number of aromatic carboxylic acids is 1. The van der Waals surface area contributed by atoms with Crippen LogP contribution in [0.2, 0.25) is 0 Å². The molecule has 0 radical (unpaired) electrons. The van der Waals surface area contributed by atoms with Crippen molar-refractivity contribution in [3.05, 3.63) is 28.2 Å². The largest absolute Gasteiger partial charge is 0.478 e. The zero-order valence-electron chi connectivity index (χ0n) is 8.90. The van der Waals surface area contributed by atoms with Crippen molar-refractivity contribution in [2.75, 3.05) is 19.5 Å². The Morgan fingerprint density at radius 3 is 2.94 bits per heavy atom. The van der Waals surface area contributed by atoms with Crippen molar-refractivity contribution >= 4 is 33.7 Å². The highest BCUT2D eigenvalue weighted by molar-refractivity contribution is 9.10. The highest BCUT2D eigenvalue weighted by Gasteiger charge is 2.10. The predicted molar refractivity (Wildman–Crippen MR) is 68.3 cm³/mol. The van der Waals surface area contributed by atoms with E-state index >= 15 is 0 Å². The van der Waals surface area contributed by atoms with Gasteiger partial charge < -0.3 is 9.84 Å². The van der Waals surface area contributed by atoms with E-state index in [1.807, 2.05) is 6.07 Å². The van der Waals surface area contributed by atoms with Crippen LogP contribution < -0.4 is 0 Å². The first kappa shape index (κ1) is 13.5. The molecule has 0 saturated heterocycles. The molecular weight excluding hydrogens is 292 g/mol. The van der Waals surface area contributed by atoms with Crippen LogP contribution in [0.3, 0.4) is 0 Å². The third-order valence-electron chi connectivity index (χ3n) is 1.92. The molecule has 1 aromatic carbocycles.